The van der Waals surface area contributed by atoms with Crippen LogP contribution in [0.1, 0.15) is 36.9 Å². The molecule has 1 amide bonds. The number of amides is 1. The van der Waals surface area contributed by atoms with E-state index in [0.717, 1.165) is 29.3 Å². The molecule has 0 bridgehead atoms. The normalized spacial score (nSPS) is 18.5. The zero-order valence-electron chi connectivity index (χ0n) is 22.0. The molecular weight excluding hydrogens is 596 g/mol. The first-order valence-corrected chi connectivity index (χ1v) is 15.2. The summed E-state index contributed by atoms with van der Waals surface area (Å²) in [4.78, 5) is 22.0. The zero-order valence-corrected chi connectivity index (χ0v) is 24.3. The van der Waals surface area contributed by atoms with Crippen LogP contribution in [0, 0.1) is 5.82 Å². The average molecular weight is 625 g/mol. The maximum Gasteiger partial charge on any atom is 0.244 e. The first-order chi connectivity index (χ1) is 19.6. The van der Waals surface area contributed by atoms with Crippen LogP contribution in [0.3, 0.4) is 0 Å². The smallest absolute Gasteiger partial charge is 0.244 e. The highest BCUT2D eigenvalue weighted by atomic mass is 35.5. The maximum absolute atomic E-state index is 13.8. The largest absolute Gasteiger partial charge is 0.394 e. The molecule has 218 valence electrons. The van der Waals surface area contributed by atoms with Crippen molar-refractivity contribution in [1.82, 2.24) is 19.6 Å². The molecule has 2 atom stereocenters. The van der Waals surface area contributed by atoms with Gasteiger partial charge in [0.25, 0.3) is 0 Å². The summed E-state index contributed by atoms with van der Waals surface area (Å²) in [6.07, 6.45) is 3.10. The fraction of sp³-hybridized carbons (Fsp3) is 0.370. The fourth-order valence-electron chi connectivity index (χ4n) is 4.89. The lowest BCUT2D eigenvalue weighted by Crippen LogP contribution is -2.46. The van der Waals surface area contributed by atoms with Crippen molar-refractivity contribution in [2.24, 2.45) is 0 Å². The van der Waals surface area contributed by atoms with E-state index in [4.69, 9.17) is 27.9 Å². The monoisotopic (exact) mass is 623 g/mol. The number of nitrogens with zero attached hydrogens (tertiary/aromatic N) is 3. The van der Waals surface area contributed by atoms with Crippen molar-refractivity contribution >= 4 is 45.1 Å². The minimum atomic E-state index is -4.07. The number of fused-ring (bicyclic) bond motifs is 1. The van der Waals surface area contributed by atoms with Gasteiger partial charge in [-0.05, 0) is 55.2 Å². The lowest BCUT2D eigenvalue weighted by Gasteiger charge is -2.25. The number of carbonyl (C=O) groups excluding carboxylic acids is 1. The minimum absolute atomic E-state index is 0.0316. The van der Waals surface area contributed by atoms with Gasteiger partial charge in [-0.1, -0.05) is 35.3 Å². The predicted octanol–water partition coefficient (Wildman–Crippen LogP) is 3.92. The Morgan fingerprint density at radius 2 is 1.98 bits per heavy atom. The highest BCUT2D eigenvalue weighted by Crippen LogP contribution is 2.36. The van der Waals surface area contributed by atoms with Gasteiger partial charge in [-0.25, -0.2) is 22.8 Å². The molecule has 14 heteroatoms. The number of hydrogen-bond donors (Lipinski definition) is 3. The number of hydrogen-bond acceptors (Lipinski definition) is 8. The SMILES string of the molecule is CC(C(=O)NC(CO)c1cc(F)cc(Cl)c1)N1Cc2ccc(-c3nc(NC4CCOCC4)ncc3Cl)cc2S1(=O)=O. The Hall–Kier alpha value is -2.87. The van der Waals surface area contributed by atoms with E-state index < -0.39 is 40.4 Å². The van der Waals surface area contributed by atoms with E-state index in [1.165, 1.54) is 25.3 Å². The molecule has 3 aromatic rings. The van der Waals surface area contributed by atoms with Gasteiger partial charge in [-0.15, -0.1) is 0 Å². The minimum Gasteiger partial charge on any atom is -0.394 e. The van der Waals surface area contributed by atoms with E-state index in [-0.39, 0.29) is 33.1 Å². The number of sulfonamides is 1. The van der Waals surface area contributed by atoms with Gasteiger partial charge < -0.3 is 20.5 Å². The number of carbonyl (C=O) groups is 1. The summed E-state index contributed by atoms with van der Waals surface area (Å²) < 4.78 is 47.5. The van der Waals surface area contributed by atoms with Crippen LogP contribution in [-0.2, 0) is 26.1 Å². The highest BCUT2D eigenvalue weighted by molar-refractivity contribution is 7.89. The first-order valence-electron chi connectivity index (χ1n) is 13.0. The predicted molar refractivity (Wildman–Crippen MR) is 152 cm³/mol. The maximum atomic E-state index is 13.8. The molecule has 41 heavy (non-hydrogen) atoms. The molecule has 0 aliphatic carbocycles. The third-order valence-corrected chi connectivity index (χ3v) is 9.64. The van der Waals surface area contributed by atoms with Gasteiger partial charge in [0.05, 0.1) is 34.5 Å². The van der Waals surface area contributed by atoms with Gasteiger partial charge in [0.2, 0.25) is 21.9 Å². The van der Waals surface area contributed by atoms with Gasteiger partial charge in [0.15, 0.2) is 0 Å². The van der Waals surface area contributed by atoms with Gasteiger partial charge in [0, 0.05) is 36.4 Å². The lowest BCUT2D eigenvalue weighted by atomic mass is 10.1. The van der Waals surface area contributed by atoms with Crippen LogP contribution < -0.4 is 10.6 Å². The van der Waals surface area contributed by atoms with Crippen LogP contribution in [0.25, 0.3) is 11.3 Å². The number of rotatable bonds is 8. The van der Waals surface area contributed by atoms with E-state index in [0.29, 0.717) is 36.0 Å². The Kier molecular flexibility index (Phi) is 8.78. The second kappa shape index (κ2) is 12.2. The van der Waals surface area contributed by atoms with Crippen LogP contribution >= 0.6 is 23.2 Å². The van der Waals surface area contributed by atoms with E-state index in [2.05, 4.69) is 20.6 Å². The van der Waals surface area contributed by atoms with E-state index in [1.807, 2.05) is 0 Å². The van der Waals surface area contributed by atoms with Crippen LogP contribution in [0.2, 0.25) is 10.0 Å². The molecule has 10 nitrogen and oxygen atoms in total. The van der Waals surface area contributed by atoms with E-state index in [1.54, 1.807) is 12.1 Å². The Morgan fingerprint density at radius 1 is 1.22 bits per heavy atom. The molecule has 2 unspecified atom stereocenters. The van der Waals surface area contributed by atoms with E-state index in [9.17, 15) is 22.7 Å². The topological polar surface area (TPSA) is 134 Å². The summed E-state index contributed by atoms with van der Waals surface area (Å²) in [6, 6.07) is 6.59. The molecule has 3 N–H and O–H groups in total. The molecule has 0 spiro atoms. The van der Waals surface area contributed by atoms with Gasteiger partial charge in [-0.2, -0.15) is 4.31 Å². The van der Waals surface area contributed by atoms with Crippen molar-refractivity contribution in [2.45, 2.75) is 49.3 Å². The molecule has 2 aliphatic rings. The molecule has 5 rings (SSSR count). The fourth-order valence-corrected chi connectivity index (χ4v) is 7.14. The summed E-state index contributed by atoms with van der Waals surface area (Å²) in [5.74, 6) is -0.912. The summed E-state index contributed by atoms with van der Waals surface area (Å²) in [5.41, 5.74) is 1.62. The Bertz CT molecular complexity index is 1550. The van der Waals surface area contributed by atoms with Crippen LogP contribution in [-0.4, -0.2) is 65.6 Å². The van der Waals surface area contributed by atoms with Crippen molar-refractivity contribution in [3.05, 3.63) is 69.6 Å². The van der Waals surface area contributed by atoms with Gasteiger partial charge in [0.1, 0.15) is 11.9 Å². The second-order valence-electron chi connectivity index (χ2n) is 9.92. The summed E-state index contributed by atoms with van der Waals surface area (Å²) in [7, 11) is -4.07. The molecule has 2 aliphatic heterocycles. The third-order valence-electron chi connectivity index (χ3n) is 7.15. The van der Waals surface area contributed by atoms with Gasteiger partial charge >= 0.3 is 0 Å². The van der Waals surface area contributed by atoms with Crippen LogP contribution in [0.15, 0.2) is 47.5 Å². The first kappa shape index (κ1) is 29.6. The molecular formula is C27H28Cl2FN5O5S. The third kappa shape index (κ3) is 6.32. The Labute approximate surface area is 246 Å². The van der Waals surface area contributed by atoms with Crippen molar-refractivity contribution in [1.29, 1.82) is 0 Å². The van der Waals surface area contributed by atoms with Crippen molar-refractivity contribution in [3.8, 4) is 11.3 Å². The van der Waals surface area contributed by atoms with Crippen molar-refractivity contribution in [2.75, 3.05) is 25.1 Å². The van der Waals surface area contributed by atoms with Crippen molar-refractivity contribution < 1.29 is 27.4 Å². The number of halogens is 3. The lowest BCUT2D eigenvalue weighted by molar-refractivity contribution is -0.125. The number of nitrogens with one attached hydrogen (secondary N) is 2. The molecule has 3 heterocycles. The average Bonchev–Trinajstić information content (AvgIpc) is 3.21. The summed E-state index contributed by atoms with van der Waals surface area (Å²) >= 11 is 12.3. The van der Waals surface area contributed by atoms with Gasteiger partial charge in [-0.3, -0.25) is 4.79 Å². The molecule has 2 aromatic carbocycles. The van der Waals surface area contributed by atoms with Crippen molar-refractivity contribution in [3.63, 3.8) is 0 Å². The number of aliphatic hydroxyl groups excluding tert-OH is 1. The second-order valence-corrected chi connectivity index (χ2v) is 12.6. The summed E-state index contributed by atoms with van der Waals surface area (Å²) in [6.45, 7) is 2.17. The number of aliphatic hydroxyl groups is 1. The Morgan fingerprint density at radius 3 is 2.68 bits per heavy atom. The molecule has 1 fully saturated rings. The number of anilines is 1. The Balaban J connectivity index is 1.35. The molecule has 0 saturated carbocycles. The van der Waals surface area contributed by atoms with Crippen LogP contribution in [0.4, 0.5) is 10.3 Å². The number of benzene rings is 2. The molecule has 1 aromatic heterocycles. The zero-order chi connectivity index (χ0) is 29.3. The standard InChI is InChI=1S/C27H28Cl2FN5O5S/c1-15(26(37)33-23(14-36)18-8-19(28)11-20(30)9-18)35-13-17-3-2-16(10-24(17)41(35,38)39)25-22(29)12-31-27(34-25)32-21-4-6-40-7-5-21/h2-3,8-12,15,21,23,36H,4-7,13-14H2,1H3,(H,33,37)(H,31,32,34). The highest BCUT2D eigenvalue weighted by Gasteiger charge is 2.41. The number of ether oxygens (including phenoxy) is 1. The quantitative estimate of drug-likeness (QED) is 0.344. The molecule has 0 radical (unpaired) electrons. The van der Waals surface area contributed by atoms with E-state index >= 15 is 0 Å². The summed E-state index contributed by atoms with van der Waals surface area (Å²) in [5, 5.41) is 16.1. The number of aromatic nitrogens is 2. The van der Waals surface area contributed by atoms with Crippen LogP contribution in [0.5, 0.6) is 0 Å². The molecule has 1 saturated heterocycles.